The van der Waals surface area contributed by atoms with Crippen molar-refractivity contribution in [1.29, 1.82) is 0 Å². The van der Waals surface area contributed by atoms with Gasteiger partial charge in [-0.1, -0.05) is 25.2 Å². The van der Waals surface area contributed by atoms with Gasteiger partial charge in [0.1, 0.15) is 0 Å². The number of aromatic nitrogens is 1. The number of nitrogens with zero attached hydrogens (tertiary/aromatic N) is 3. The Morgan fingerprint density at radius 2 is 2.17 bits per heavy atom. The predicted octanol–water partition coefficient (Wildman–Crippen LogP) is 1.73. The van der Waals surface area contributed by atoms with Crippen molar-refractivity contribution in [1.82, 2.24) is 9.88 Å². The lowest BCUT2D eigenvalue weighted by Gasteiger charge is -2.39. The van der Waals surface area contributed by atoms with Crippen molar-refractivity contribution in [2.45, 2.75) is 39.8 Å². The zero-order valence-electron chi connectivity index (χ0n) is 11.5. The summed E-state index contributed by atoms with van der Waals surface area (Å²) in [5.74, 6) is 0. The maximum atomic E-state index is 9.34. The summed E-state index contributed by atoms with van der Waals surface area (Å²) in [6.45, 7) is 11.0. The Balaban J connectivity index is 2.10. The molecular weight excluding hydrogens is 246 g/mol. The molecule has 0 radical (unpaired) electrons. The number of anilines is 1. The second-order valence-corrected chi connectivity index (χ2v) is 5.86. The highest BCUT2D eigenvalue weighted by atomic mass is 32.1. The molecule has 1 saturated heterocycles. The third kappa shape index (κ3) is 2.68. The normalized spacial score (nSPS) is 21.6. The Morgan fingerprint density at radius 1 is 1.39 bits per heavy atom. The molecule has 4 nitrogen and oxygen atoms in total. The fourth-order valence-corrected chi connectivity index (χ4v) is 3.59. The van der Waals surface area contributed by atoms with E-state index in [0.717, 1.165) is 48.3 Å². The standard InChI is InChI=1S/C13H23N3OS/c1-4-11-12(9-17)18-13(14-11)16-7-6-15(5-2)10(3)8-16/h10,17H,4-9H2,1-3H3. The minimum Gasteiger partial charge on any atom is -0.391 e. The minimum atomic E-state index is 0.116. The van der Waals surface area contributed by atoms with Crippen LogP contribution in [0.4, 0.5) is 5.13 Å². The van der Waals surface area contributed by atoms with Crippen LogP contribution in [0.15, 0.2) is 0 Å². The van der Waals surface area contributed by atoms with Crippen molar-refractivity contribution < 1.29 is 5.11 Å². The lowest BCUT2D eigenvalue weighted by molar-refractivity contribution is 0.199. The first kappa shape index (κ1) is 13.8. The highest BCUT2D eigenvalue weighted by molar-refractivity contribution is 7.15. The van der Waals surface area contributed by atoms with E-state index in [9.17, 15) is 5.11 Å². The van der Waals surface area contributed by atoms with Gasteiger partial charge in [-0.15, -0.1) is 0 Å². The van der Waals surface area contributed by atoms with E-state index in [0.29, 0.717) is 6.04 Å². The molecule has 1 aliphatic heterocycles. The number of thiazole rings is 1. The molecule has 1 fully saturated rings. The van der Waals surface area contributed by atoms with E-state index in [1.807, 2.05) is 0 Å². The van der Waals surface area contributed by atoms with Crippen LogP contribution in [-0.4, -0.2) is 47.2 Å². The Morgan fingerprint density at radius 3 is 2.67 bits per heavy atom. The van der Waals surface area contributed by atoms with Gasteiger partial charge in [0.15, 0.2) is 5.13 Å². The van der Waals surface area contributed by atoms with Gasteiger partial charge in [-0.3, -0.25) is 4.90 Å². The molecule has 1 aromatic rings. The van der Waals surface area contributed by atoms with Gasteiger partial charge in [-0.05, 0) is 19.9 Å². The molecule has 1 atom stereocenters. The molecule has 0 spiro atoms. The van der Waals surface area contributed by atoms with Crippen molar-refractivity contribution in [2.75, 3.05) is 31.1 Å². The minimum absolute atomic E-state index is 0.116. The van der Waals surface area contributed by atoms with Gasteiger partial charge >= 0.3 is 0 Å². The third-order valence-electron chi connectivity index (χ3n) is 3.69. The first-order chi connectivity index (χ1) is 8.69. The number of aliphatic hydroxyl groups is 1. The van der Waals surface area contributed by atoms with Crippen LogP contribution in [-0.2, 0) is 13.0 Å². The lowest BCUT2D eigenvalue weighted by Crippen LogP contribution is -2.51. The molecule has 2 rings (SSSR count). The van der Waals surface area contributed by atoms with Gasteiger partial charge in [0, 0.05) is 25.7 Å². The predicted molar refractivity (Wildman–Crippen MR) is 76.3 cm³/mol. The van der Waals surface area contributed by atoms with Crippen LogP contribution >= 0.6 is 11.3 Å². The van der Waals surface area contributed by atoms with E-state index in [1.165, 1.54) is 0 Å². The molecular formula is C13H23N3OS. The summed E-state index contributed by atoms with van der Waals surface area (Å²) in [4.78, 5) is 10.6. The second-order valence-electron chi connectivity index (χ2n) is 4.80. The van der Waals surface area contributed by atoms with Gasteiger partial charge in [0.05, 0.1) is 17.2 Å². The molecule has 0 aromatic carbocycles. The molecule has 102 valence electrons. The van der Waals surface area contributed by atoms with E-state index in [-0.39, 0.29) is 6.61 Å². The van der Waals surface area contributed by atoms with Crippen molar-refractivity contribution >= 4 is 16.5 Å². The van der Waals surface area contributed by atoms with E-state index in [4.69, 9.17) is 0 Å². The van der Waals surface area contributed by atoms with Crippen molar-refractivity contribution in [3.63, 3.8) is 0 Å². The summed E-state index contributed by atoms with van der Waals surface area (Å²) in [6, 6.07) is 0.579. The third-order valence-corrected chi connectivity index (χ3v) is 4.83. The highest BCUT2D eigenvalue weighted by Crippen LogP contribution is 2.28. The molecule has 0 amide bonds. The smallest absolute Gasteiger partial charge is 0.185 e. The molecule has 0 bridgehead atoms. The van der Waals surface area contributed by atoms with E-state index in [1.54, 1.807) is 11.3 Å². The summed E-state index contributed by atoms with van der Waals surface area (Å²) in [5.41, 5.74) is 1.06. The van der Waals surface area contributed by atoms with E-state index >= 15 is 0 Å². The Hall–Kier alpha value is -0.650. The average Bonchev–Trinajstić information content (AvgIpc) is 2.81. The monoisotopic (exact) mass is 269 g/mol. The summed E-state index contributed by atoms with van der Waals surface area (Å²) >= 11 is 1.65. The largest absolute Gasteiger partial charge is 0.391 e. The highest BCUT2D eigenvalue weighted by Gasteiger charge is 2.24. The van der Waals surface area contributed by atoms with Gasteiger partial charge in [-0.25, -0.2) is 4.98 Å². The average molecular weight is 269 g/mol. The summed E-state index contributed by atoms with van der Waals surface area (Å²) in [6.07, 6.45) is 0.900. The first-order valence-electron chi connectivity index (χ1n) is 6.78. The molecule has 0 aliphatic carbocycles. The van der Waals surface area contributed by atoms with Gasteiger partial charge in [0.25, 0.3) is 0 Å². The fourth-order valence-electron chi connectivity index (χ4n) is 2.54. The number of hydrogen-bond donors (Lipinski definition) is 1. The molecule has 5 heteroatoms. The molecule has 18 heavy (non-hydrogen) atoms. The SMILES string of the molecule is CCc1nc(N2CCN(CC)C(C)C2)sc1CO. The number of aliphatic hydroxyl groups excluding tert-OH is 1. The maximum Gasteiger partial charge on any atom is 0.185 e. The lowest BCUT2D eigenvalue weighted by atomic mass is 10.2. The number of likely N-dealkylation sites (N-methyl/N-ethyl adjacent to an activating group) is 1. The summed E-state index contributed by atoms with van der Waals surface area (Å²) in [5, 5.41) is 10.4. The quantitative estimate of drug-likeness (QED) is 0.903. The number of aryl methyl sites for hydroxylation is 1. The van der Waals surface area contributed by atoms with Crippen LogP contribution in [0.25, 0.3) is 0 Å². The molecule has 1 N–H and O–H groups in total. The topological polar surface area (TPSA) is 39.6 Å². The molecule has 1 unspecified atom stereocenters. The van der Waals surface area contributed by atoms with Gasteiger partial charge < -0.3 is 10.0 Å². The molecule has 1 aromatic heterocycles. The van der Waals surface area contributed by atoms with Gasteiger partial charge in [0.2, 0.25) is 0 Å². The van der Waals surface area contributed by atoms with Crippen molar-refractivity contribution in [3.8, 4) is 0 Å². The number of rotatable bonds is 4. The van der Waals surface area contributed by atoms with Crippen molar-refractivity contribution in [3.05, 3.63) is 10.6 Å². The zero-order chi connectivity index (χ0) is 13.1. The zero-order valence-corrected chi connectivity index (χ0v) is 12.3. The fraction of sp³-hybridized carbons (Fsp3) is 0.769. The molecule has 1 aliphatic rings. The number of piperazine rings is 1. The number of hydrogen-bond acceptors (Lipinski definition) is 5. The van der Waals surface area contributed by atoms with Crippen LogP contribution in [0.3, 0.4) is 0 Å². The van der Waals surface area contributed by atoms with Gasteiger partial charge in [-0.2, -0.15) is 0 Å². The molecule has 0 saturated carbocycles. The Kier molecular flexibility index (Phi) is 4.59. The Bertz CT molecular complexity index is 372. The van der Waals surface area contributed by atoms with Crippen LogP contribution in [0, 0.1) is 0 Å². The maximum absolute atomic E-state index is 9.34. The van der Waals surface area contributed by atoms with Crippen LogP contribution in [0.2, 0.25) is 0 Å². The molecule has 2 heterocycles. The first-order valence-corrected chi connectivity index (χ1v) is 7.59. The summed E-state index contributed by atoms with van der Waals surface area (Å²) < 4.78 is 0. The van der Waals surface area contributed by atoms with Crippen LogP contribution in [0.1, 0.15) is 31.3 Å². The van der Waals surface area contributed by atoms with E-state index < -0.39 is 0 Å². The van der Waals surface area contributed by atoms with E-state index in [2.05, 4.69) is 35.6 Å². The van der Waals surface area contributed by atoms with Crippen LogP contribution < -0.4 is 4.90 Å². The summed E-state index contributed by atoms with van der Waals surface area (Å²) in [7, 11) is 0. The second kappa shape index (κ2) is 5.99. The van der Waals surface area contributed by atoms with Crippen molar-refractivity contribution in [2.24, 2.45) is 0 Å². The van der Waals surface area contributed by atoms with Crippen LogP contribution in [0.5, 0.6) is 0 Å². The Labute approximate surface area is 113 Å².